The highest BCUT2D eigenvalue weighted by Gasteiger charge is 2.16. The third kappa shape index (κ3) is 1.97. The molecule has 0 bridgehead atoms. The highest BCUT2D eigenvalue weighted by Crippen LogP contribution is 2.17. The van der Waals surface area contributed by atoms with E-state index in [1.54, 1.807) is 0 Å². The summed E-state index contributed by atoms with van der Waals surface area (Å²) in [7, 11) is 2.16. The minimum absolute atomic E-state index is 0.888. The summed E-state index contributed by atoms with van der Waals surface area (Å²) in [6.07, 6.45) is 0. The number of aromatic nitrogens is 2. The molecule has 1 fully saturated rings. The largest absolute Gasteiger partial charge is 0.344 e. The van der Waals surface area contributed by atoms with Gasteiger partial charge < -0.3 is 9.80 Å². The molecule has 0 spiro atoms. The summed E-state index contributed by atoms with van der Waals surface area (Å²) in [4.78, 5) is 9.02. The normalized spacial score (nSPS) is 19.4. The molecule has 1 aliphatic rings. The second kappa shape index (κ2) is 3.59. The molecule has 1 aromatic heterocycles. The van der Waals surface area contributed by atoms with Crippen molar-refractivity contribution in [2.45, 2.75) is 6.92 Å². The predicted octanol–water partition coefficient (Wildman–Crippen LogP) is 0.598. The molecule has 0 radical (unpaired) electrons. The summed E-state index contributed by atoms with van der Waals surface area (Å²) >= 11 is 1.50. The Morgan fingerprint density at radius 1 is 1.23 bits per heavy atom. The van der Waals surface area contributed by atoms with Gasteiger partial charge in [0.1, 0.15) is 5.82 Å². The molecule has 0 aliphatic carbocycles. The Hall–Kier alpha value is -0.680. The SMILES string of the molecule is Cc1nsc(N2CCN(C)CC2)n1. The first kappa shape index (κ1) is 8.90. The van der Waals surface area contributed by atoms with E-state index in [1.807, 2.05) is 6.92 Å². The lowest BCUT2D eigenvalue weighted by atomic mass is 10.3. The number of nitrogens with zero attached hydrogens (tertiary/aromatic N) is 4. The van der Waals surface area contributed by atoms with E-state index in [1.165, 1.54) is 11.5 Å². The van der Waals surface area contributed by atoms with Gasteiger partial charge in [-0.3, -0.25) is 0 Å². The Morgan fingerprint density at radius 3 is 2.46 bits per heavy atom. The van der Waals surface area contributed by atoms with E-state index < -0.39 is 0 Å². The number of hydrogen-bond acceptors (Lipinski definition) is 5. The van der Waals surface area contributed by atoms with Crippen molar-refractivity contribution in [2.24, 2.45) is 0 Å². The van der Waals surface area contributed by atoms with Crippen LogP contribution >= 0.6 is 11.5 Å². The van der Waals surface area contributed by atoms with E-state index >= 15 is 0 Å². The Morgan fingerprint density at radius 2 is 1.92 bits per heavy atom. The van der Waals surface area contributed by atoms with Crippen molar-refractivity contribution in [1.82, 2.24) is 14.3 Å². The first-order valence-corrected chi connectivity index (χ1v) is 5.27. The van der Waals surface area contributed by atoms with Gasteiger partial charge in [-0.05, 0) is 14.0 Å². The van der Waals surface area contributed by atoms with Gasteiger partial charge in [0.2, 0.25) is 5.13 Å². The molecule has 4 nitrogen and oxygen atoms in total. The molecule has 13 heavy (non-hydrogen) atoms. The number of anilines is 1. The van der Waals surface area contributed by atoms with E-state index in [4.69, 9.17) is 0 Å². The van der Waals surface area contributed by atoms with E-state index in [0.717, 1.165) is 37.1 Å². The summed E-state index contributed by atoms with van der Waals surface area (Å²) in [5, 5.41) is 1.07. The van der Waals surface area contributed by atoms with E-state index in [-0.39, 0.29) is 0 Å². The van der Waals surface area contributed by atoms with Gasteiger partial charge in [-0.1, -0.05) is 0 Å². The smallest absolute Gasteiger partial charge is 0.205 e. The minimum Gasteiger partial charge on any atom is -0.344 e. The third-order valence-corrected chi connectivity index (χ3v) is 3.16. The summed E-state index contributed by atoms with van der Waals surface area (Å²) < 4.78 is 4.19. The summed E-state index contributed by atoms with van der Waals surface area (Å²) in [5.74, 6) is 0.888. The van der Waals surface area contributed by atoms with Gasteiger partial charge in [0.25, 0.3) is 0 Å². The Bertz CT molecular complexity index is 277. The fourth-order valence-electron chi connectivity index (χ4n) is 1.41. The molecule has 0 aromatic carbocycles. The van der Waals surface area contributed by atoms with Gasteiger partial charge in [0.15, 0.2) is 0 Å². The lowest BCUT2D eigenvalue weighted by molar-refractivity contribution is 0.312. The van der Waals surface area contributed by atoms with Gasteiger partial charge in [-0.25, -0.2) is 4.98 Å². The van der Waals surface area contributed by atoms with Gasteiger partial charge in [-0.15, -0.1) is 0 Å². The monoisotopic (exact) mass is 198 g/mol. The summed E-state index contributed by atoms with van der Waals surface area (Å²) in [6.45, 7) is 6.34. The quantitative estimate of drug-likeness (QED) is 0.661. The van der Waals surface area contributed by atoms with Gasteiger partial charge in [-0.2, -0.15) is 4.37 Å². The lowest BCUT2D eigenvalue weighted by Gasteiger charge is -2.31. The van der Waals surface area contributed by atoms with Crippen molar-refractivity contribution < 1.29 is 0 Å². The molecule has 1 saturated heterocycles. The second-order valence-electron chi connectivity index (χ2n) is 3.41. The zero-order valence-electron chi connectivity index (χ0n) is 8.03. The van der Waals surface area contributed by atoms with Crippen LogP contribution in [-0.2, 0) is 0 Å². The number of likely N-dealkylation sites (N-methyl/N-ethyl adjacent to an activating group) is 1. The summed E-state index contributed by atoms with van der Waals surface area (Å²) in [5.41, 5.74) is 0. The molecule has 2 rings (SSSR count). The Labute approximate surface area is 82.4 Å². The fraction of sp³-hybridized carbons (Fsp3) is 0.750. The van der Waals surface area contributed by atoms with Gasteiger partial charge >= 0.3 is 0 Å². The van der Waals surface area contributed by atoms with Crippen LogP contribution in [-0.4, -0.2) is 47.5 Å². The maximum Gasteiger partial charge on any atom is 0.205 e. The number of hydrogen-bond donors (Lipinski definition) is 0. The molecule has 0 amide bonds. The Kier molecular flexibility index (Phi) is 2.46. The van der Waals surface area contributed by atoms with Crippen LogP contribution in [0.3, 0.4) is 0 Å². The zero-order valence-corrected chi connectivity index (χ0v) is 8.84. The van der Waals surface area contributed by atoms with Crippen molar-refractivity contribution >= 4 is 16.7 Å². The van der Waals surface area contributed by atoms with Gasteiger partial charge in [0, 0.05) is 37.7 Å². The maximum atomic E-state index is 4.37. The minimum atomic E-state index is 0.888. The first-order valence-electron chi connectivity index (χ1n) is 4.49. The van der Waals surface area contributed by atoms with Crippen molar-refractivity contribution in [3.63, 3.8) is 0 Å². The van der Waals surface area contributed by atoms with E-state index in [9.17, 15) is 0 Å². The number of piperazine rings is 1. The third-order valence-electron chi connectivity index (χ3n) is 2.29. The maximum absolute atomic E-state index is 4.37. The van der Waals surface area contributed by atoms with Crippen LogP contribution < -0.4 is 4.90 Å². The molecule has 72 valence electrons. The molecule has 1 aliphatic heterocycles. The first-order chi connectivity index (χ1) is 6.25. The molecule has 0 saturated carbocycles. The van der Waals surface area contributed by atoms with Crippen LogP contribution in [0.5, 0.6) is 0 Å². The standard InChI is InChI=1S/C8H14N4S/c1-7-9-8(13-10-7)12-5-3-11(2)4-6-12/h3-6H2,1-2H3. The number of rotatable bonds is 1. The van der Waals surface area contributed by atoms with Crippen LogP contribution in [0.25, 0.3) is 0 Å². The fourth-order valence-corrected chi connectivity index (χ4v) is 2.14. The molecule has 2 heterocycles. The lowest BCUT2D eigenvalue weighted by Crippen LogP contribution is -2.44. The van der Waals surface area contributed by atoms with Crippen molar-refractivity contribution in [2.75, 3.05) is 38.1 Å². The van der Waals surface area contributed by atoms with Crippen LogP contribution in [0.15, 0.2) is 0 Å². The Balaban J connectivity index is 2.02. The number of aryl methyl sites for hydroxylation is 1. The van der Waals surface area contributed by atoms with Crippen LogP contribution in [0, 0.1) is 6.92 Å². The zero-order chi connectivity index (χ0) is 9.26. The second-order valence-corrected chi connectivity index (χ2v) is 4.14. The topological polar surface area (TPSA) is 32.3 Å². The molecular formula is C8H14N4S. The molecule has 1 aromatic rings. The average molecular weight is 198 g/mol. The molecule has 0 atom stereocenters. The predicted molar refractivity (Wildman–Crippen MR) is 54.4 cm³/mol. The van der Waals surface area contributed by atoms with E-state index in [2.05, 4.69) is 26.2 Å². The van der Waals surface area contributed by atoms with Crippen LogP contribution in [0.2, 0.25) is 0 Å². The van der Waals surface area contributed by atoms with Crippen molar-refractivity contribution in [3.8, 4) is 0 Å². The molecular weight excluding hydrogens is 184 g/mol. The van der Waals surface area contributed by atoms with Gasteiger partial charge in [0.05, 0.1) is 0 Å². The summed E-state index contributed by atoms with van der Waals surface area (Å²) in [6, 6.07) is 0. The van der Waals surface area contributed by atoms with Crippen LogP contribution in [0.4, 0.5) is 5.13 Å². The average Bonchev–Trinajstić information content (AvgIpc) is 2.53. The van der Waals surface area contributed by atoms with Crippen LogP contribution in [0.1, 0.15) is 5.82 Å². The molecule has 0 unspecified atom stereocenters. The van der Waals surface area contributed by atoms with Crippen molar-refractivity contribution in [3.05, 3.63) is 5.82 Å². The van der Waals surface area contributed by atoms with E-state index in [0.29, 0.717) is 0 Å². The van der Waals surface area contributed by atoms with Crippen molar-refractivity contribution in [1.29, 1.82) is 0 Å². The highest BCUT2D eigenvalue weighted by atomic mass is 32.1. The highest BCUT2D eigenvalue weighted by molar-refractivity contribution is 7.09. The molecule has 0 N–H and O–H groups in total. The molecule has 5 heteroatoms.